The van der Waals surface area contributed by atoms with Crippen LogP contribution in [0.1, 0.15) is 61.2 Å². The maximum Gasteiger partial charge on any atom is 0.163 e. The van der Waals surface area contributed by atoms with E-state index in [2.05, 4.69) is 46.8 Å². The SMILES string of the molecule is Cc1cc(C)c(C(=O)CC(C)C(C)(C)C)c(C)c1. The first kappa shape index (κ1) is 14.9. The van der Waals surface area contributed by atoms with Crippen LogP contribution in [0.2, 0.25) is 0 Å². The zero-order valence-corrected chi connectivity index (χ0v) is 12.8. The fourth-order valence-electron chi connectivity index (χ4n) is 2.31. The summed E-state index contributed by atoms with van der Waals surface area (Å²) in [6.45, 7) is 14.9. The van der Waals surface area contributed by atoms with E-state index in [1.54, 1.807) is 0 Å². The number of rotatable bonds is 3. The van der Waals surface area contributed by atoms with E-state index in [-0.39, 0.29) is 11.2 Å². The second-order valence-corrected chi connectivity index (χ2v) is 6.67. The maximum atomic E-state index is 12.5. The molecule has 0 aromatic heterocycles. The molecule has 0 spiro atoms. The fraction of sp³-hybridized carbons (Fsp3) is 0.588. The lowest BCUT2D eigenvalue weighted by Crippen LogP contribution is -2.21. The molecule has 100 valence electrons. The Morgan fingerprint density at radius 3 is 1.94 bits per heavy atom. The van der Waals surface area contributed by atoms with Gasteiger partial charge in [0.1, 0.15) is 0 Å². The highest BCUT2D eigenvalue weighted by Gasteiger charge is 2.24. The monoisotopic (exact) mass is 246 g/mol. The molecular weight excluding hydrogens is 220 g/mol. The van der Waals surface area contributed by atoms with Crippen LogP contribution in [0.5, 0.6) is 0 Å². The van der Waals surface area contributed by atoms with Crippen molar-refractivity contribution in [3.63, 3.8) is 0 Å². The van der Waals surface area contributed by atoms with E-state index in [9.17, 15) is 4.79 Å². The van der Waals surface area contributed by atoms with Crippen molar-refractivity contribution >= 4 is 5.78 Å². The molecule has 1 aromatic carbocycles. The number of carbonyl (C=O) groups excluding carboxylic acids is 1. The van der Waals surface area contributed by atoms with E-state index in [1.165, 1.54) is 5.56 Å². The van der Waals surface area contributed by atoms with Crippen LogP contribution in [0.3, 0.4) is 0 Å². The zero-order valence-electron chi connectivity index (χ0n) is 12.8. The summed E-state index contributed by atoms with van der Waals surface area (Å²) in [7, 11) is 0. The number of ketones is 1. The molecular formula is C17H26O. The van der Waals surface area contributed by atoms with Gasteiger partial charge in [-0.2, -0.15) is 0 Å². The molecule has 1 unspecified atom stereocenters. The second-order valence-electron chi connectivity index (χ2n) is 6.67. The van der Waals surface area contributed by atoms with Gasteiger partial charge in [0.25, 0.3) is 0 Å². The molecule has 0 aliphatic carbocycles. The van der Waals surface area contributed by atoms with Crippen molar-refractivity contribution in [2.45, 2.75) is 54.9 Å². The first-order valence-corrected chi connectivity index (χ1v) is 6.74. The summed E-state index contributed by atoms with van der Waals surface area (Å²) in [5.74, 6) is 0.678. The van der Waals surface area contributed by atoms with Crippen LogP contribution in [0.25, 0.3) is 0 Å². The molecule has 0 fully saturated rings. The van der Waals surface area contributed by atoms with E-state index in [4.69, 9.17) is 0 Å². The molecule has 1 atom stereocenters. The summed E-state index contributed by atoms with van der Waals surface area (Å²) in [6, 6.07) is 4.20. The summed E-state index contributed by atoms with van der Waals surface area (Å²) < 4.78 is 0. The Kier molecular flexibility index (Phi) is 4.37. The molecule has 1 rings (SSSR count). The number of hydrogen-bond donors (Lipinski definition) is 0. The molecule has 0 saturated carbocycles. The average molecular weight is 246 g/mol. The molecule has 0 saturated heterocycles. The van der Waals surface area contributed by atoms with Gasteiger partial charge in [0.2, 0.25) is 0 Å². The van der Waals surface area contributed by atoms with Gasteiger partial charge in [-0.25, -0.2) is 0 Å². The van der Waals surface area contributed by atoms with Gasteiger partial charge >= 0.3 is 0 Å². The highest BCUT2D eigenvalue weighted by atomic mass is 16.1. The molecule has 1 nitrogen and oxygen atoms in total. The summed E-state index contributed by atoms with van der Waals surface area (Å²) in [4.78, 5) is 12.5. The Morgan fingerprint density at radius 2 is 1.56 bits per heavy atom. The standard InChI is InChI=1S/C17H26O/c1-11-8-12(2)16(13(3)9-11)15(18)10-14(4)17(5,6)7/h8-9,14H,10H2,1-7H3. The Morgan fingerprint density at radius 1 is 1.11 bits per heavy atom. The normalized spacial score (nSPS) is 13.5. The second kappa shape index (κ2) is 5.26. The Labute approximate surface area is 112 Å². The molecule has 1 aromatic rings. The van der Waals surface area contributed by atoms with Gasteiger partial charge in [-0.15, -0.1) is 0 Å². The van der Waals surface area contributed by atoms with Crippen molar-refractivity contribution in [1.82, 2.24) is 0 Å². The quantitative estimate of drug-likeness (QED) is 0.696. The van der Waals surface area contributed by atoms with E-state index in [0.717, 1.165) is 16.7 Å². The van der Waals surface area contributed by atoms with Gasteiger partial charge < -0.3 is 0 Å². The van der Waals surface area contributed by atoms with Crippen LogP contribution >= 0.6 is 0 Å². The number of hydrogen-bond acceptors (Lipinski definition) is 1. The third-order valence-corrected chi connectivity index (χ3v) is 3.93. The van der Waals surface area contributed by atoms with Gasteiger partial charge in [-0.05, 0) is 43.2 Å². The number of aryl methyl sites for hydroxylation is 3. The lowest BCUT2D eigenvalue weighted by molar-refractivity contribution is 0.0926. The van der Waals surface area contributed by atoms with Crippen LogP contribution < -0.4 is 0 Å². The molecule has 0 bridgehead atoms. The maximum absolute atomic E-state index is 12.5. The third kappa shape index (κ3) is 3.44. The Bertz CT molecular complexity index is 426. The van der Waals surface area contributed by atoms with Crippen molar-refractivity contribution < 1.29 is 4.79 Å². The highest BCUT2D eigenvalue weighted by molar-refractivity contribution is 5.99. The topological polar surface area (TPSA) is 17.1 Å². The molecule has 0 heterocycles. The van der Waals surface area contributed by atoms with Crippen molar-refractivity contribution in [2.75, 3.05) is 0 Å². The Hall–Kier alpha value is -1.11. The van der Waals surface area contributed by atoms with Crippen LogP contribution in [-0.4, -0.2) is 5.78 Å². The number of benzene rings is 1. The van der Waals surface area contributed by atoms with Crippen molar-refractivity contribution in [1.29, 1.82) is 0 Å². The van der Waals surface area contributed by atoms with Crippen molar-refractivity contribution in [3.05, 3.63) is 34.4 Å². The number of Topliss-reactive ketones (excluding diaryl/α,β-unsaturated/α-hetero) is 1. The first-order valence-electron chi connectivity index (χ1n) is 6.74. The largest absolute Gasteiger partial charge is 0.294 e. The summed E-state index contributed by atoms with van der Waals surface area (Å²) in [6.07, 6.45) is 0.633. The van der Waals surface area contributed by atoms with E-state index >= 15 is 0 Å². The van der Waals surface area contributed by atoms with Crippen LogP contribution in [-0.2, 0) is 0 Å². The minimum absolute atomic E-state index is 0.183. The first-order chi connectivity index (χ1) is 8.12. The summed E-state index contributed by atoms with van der Waals surface area (Å²) in [5.41, 5.74) is 4.56. The molecule has 0 aliphatic rings. The highest BCUT2D eigenvalue weighted by Crippen LogP contribution is 2.30. The van der Waals surface area contributed by atoms with Crippen LogP contribution in [0, 0.1) is 32.1 Å². The molecule has 0 N–H and O–H groups in total. The minimum Gasteiger partial charge on any atom is -0.294 e. The summed E-state index contributed by atoms with van der Waals surface area (Å²) in [5, 5.41) is 0. The average Bonchev–Trinajstić information content (AvgIpc) is 2.13. The van der Waals surface area contributed by atoms with E-state index < -0.39 is 0 Å². The molecule has 1 heteroatoms. The van der Waals surface area contributed by atoms with Crippen LogP contribution in [0.15, 0.2) is 12.1 Å². The fourth-order valence-corrected chi connectivity index (χ4v) is 2.31. The third-order valence-electron chi connectivity index (χ3n) is 3.93. The molecule has 0 aliphatic heterocycles. The van der Waals surface area contributed by atoms with Gasteiger partial charge in [0.05, 0.1) is 0 Å². The minimum atomic E-state index is 0.183. The van der Waals surface area contributed by atoms with Gasteiger partial charge in [0, 0.05) is 12.0 Å². The smallest absolute Gasteiger partial charge is 0.163 e. The Balaban J connectivity index is 2.99. The summed E-state index contributed by atoms with van der Waals surface area (Å²) >= 11 is 0. The lowest BCUT2D eigenvalue weighted by atomic mass is 9.78. The predicted octanol–water partition coefficient (Wildman–Crippen LogP) is 4.87. The zero-order chi connectivity index (χ0) is 14.1. The van der Waals surface area contributed by atoms with Gasteiger partial charge in [0.15, 0.2) is 5.78 Å². The molecule has 18 heavy (non-hydrogen) atoms. The predicted molar refractivity (Wildman–Crippen MR) is 78.2 cm³/mol. The number of carbonyl (C=O) groups is 1. The molecule has 0 amide bonds. The molecule has 0 radical (unpaired) electrons. The van der Waals surface area contributed by atoms with Crippen molar-refractivity contribution in [3.8, 4) is 0 Å². The van der Waals surface area contributed by atoms with E-state index in [1.807, 2.05) is 13.8 Å². The van der Waals surface area contributed by atoms with Gasteiger partial charge in [-0.3, -0.25) is 4.79 Å². The van der Waals surface area contributed by atoms with E-state index in [0.29, 0.717) is 12.3 Å². The van der Waals surface area contributed by atoms with Crippen molar-refractivity contribution in [2.24, 2.45) is 11.3 Å². The lowest BCUT2D eigenvalue weighted by Gasteiger charge is -2.27. The van der Waals surface area contributed by atoms with Gasteiger partial charge in [-0.1, -0.05) is 45.4 Å². The van der Waals surface area contributed by atoms with Crippen LogP contribution in [0.4, 0.5) is 0 Å².